The summed E-state index contributed by atoms with van der Waals surface area (Å²) in [6, 6.07) is 25.4. The van der Waals surface area contributed by atoms with E-state index in [1.165, 1.54) is 28.1 Å². The Balaban J connectivity index is 0.000000160. The summed E-state index contributed by atoms with van der Waals surface area (Å²) in [4.78, 5) is 26.1. The highest BCUT2D eigenvalue weighted by Gasteiger charge is 2.16. The predicted molar refractivity (Wildman–Crippen MR) is 229 cm³/mol. The highest BCUT2D eigenvalue weighted by atomic mass is 127. The quantitative estimate of drug-likeness (QED) is 0.128. The van der Waals surface area contributed by atoms with E-state index in [0.717, 1.165) is 88.8 Å². The molecule has 2 fully saturated rings. The van der Waals surface area contributed by atoms with E-state index in [9.17, 15) is 0 Å². The molecule has 2 aliphatic heterocycles. The van der Waals surface area contributed by atoms with Crippen LogP contribution in [0.3, 0.4) is 0 Å². The number of hydrogen-bond acceptors (Lipinski definition) is 11. The van der Waals surface area contributed by atoms with Gasteiger partial charge in [-0.2, -0.15) is 0 Å². The molecule has 0 atom stereocenters. The molecule has 2 aliphatic rings. The van der Waals surface area contributed by atoms with Gasteiger partial charge in [0, 0.05) is 66.1 Å². The third-order valence-electron chi connectivity index (χ3n) is 9.56. The molecular formula is C41H42IN9O2S. The molecule has 54 heavy (non-hydrogen) atoms. The van der Waals surface area contributed by atoms with Crippen molar-refractivity contribution in [1.29, 1.82) is 0 Å². The SMILES string of the molecule is CC(C)c1ccccc1-c1csc2cnc(Nc3ccc(N4CCOCC4)cc3)nc12.Ic1c[nH]c2cnc(Nc3ccc(N4CCOCC4)cc3)nc12. The van der Waals surface area contributed by atoms with Gasteiger partial charge in [0.15, 0.2) is 0 Å². The van der Waals surface area contributed by atoms with Gasteiger partial charge in [-0.15, -0.1) is 11.3 Å². The van der Waals surface area contributed by atoms with Gasteiger partial charge < -0.3 is 34.9 Å². The molecule has 3 aromatic carbocycles. The molecule has 0 unspecified atom stereocenters. The molecule has 276 valence electrons. The number of aromatic nitrogens is 5. The van der Waals surface area contributed by atoms with E-state index in [2.05, 4.69) is 155 Å². The molecule has 7 aromatic rings. The third kappa shape index (κ3) is 8.28. The zero-order valence-corrected chi connectivity index (χ0v) is 33.2. The molecule has 0 radical (unpaired) electrons. The molecule has 0 saturated carbocycles. The highest BCUT2D eigenvalue weighted by Crippen LogP contribution is 2.37. The fourth-order valence-corrected chi connectivity index (χ4v) is 8.11. The number of aromatic amines is 1. The number of H-pyrrole nitrogens is 1. The standard InChI is InChI=1S/C25H26N4OS.C16H16IN5O/c1-17(2)20-5-3-4-6-21(20)22-16-31-23-15-26-25(28-24(22)23)27-18-7-9-19(10-8-18)29-11-13-30-14-12-29;17-13-9-18-14-10-19-16(21-15(13)14)20-11-1-3-12(4-2-11)22-5-7-23-8-6-22/h3-10,15-17H,11-14H2,1-2H3,(H,26,27,28);1-4,9-10,18H,5-8H2,(H,19,20,21). The van der Waals surface area contributed by atoms with Crippen LogP contribution in [0.1, 0.15) is 25.3 Å². The molecule has 0 aliphatic carbocycles. The number of nitrogens with one attached hydrogen (secondary N) is 3. The molecule has 2 saturated heterocycles. The molecular weight excluding hydrogens is 809 g/mol. The number of hydrogen-bond donors (Lipinski definition) is 3. The van der Waals surface area contributed by atoms with E-state index in [0.29, 0.717) is 17.8 Å². The largest absolute Gasteiger partial charge is 0.378 e. The van der Waals surface area contributed by atoms with Crippen LogP contribution in [0.4, 0.5) is 34.6 Å². The predicted octanol–water partition coefficient (Wildman–Crippen LogP) is 9.20. The van der Waals surface area contributed by atoms with Crippen LogP contribution in [0.5, 0.6) is 0 Å². The zero-order chi connectivity index (χ0) is 36.9. The van der Waals surface area contributed by atoms with Gasteiger partial charge in [0.05, 0.1) is 58.1 Å². The third-order valence-corrected chi connectivity index (χ3v) is 11.3. The second-order valence-electron chi connectivity index (χ2n) is 13.4. The van der Waals surface area contributed by atoms with Crippen molar-refractivity contribution in [2.24, 2.45) is 0 Å². The number of rotatable bonds is 8. The average molecular weight is 852 g/mol. The number of thiophene rings is 1. The van der Waals surface area contributed by atoms with Gasteiger partial charge >= 0.3 is 0 Å². The van der Waals surface area contributed by atoms with Crippen molar-refractivity contribution in [2.75, 3.05) is 73.0 Å². The normalized spacial score (nSPS) is 14.7. The molecule has 0 bridgehead atoms. The van der Waals surface area contributed by atoms with Crippen LogP contribution in [0.2, 0.25) is 0 Å². The number of fused-ring (bicyclic) bond motifs is 2. The van der Waals surface area contributed by atoms with Gasteiger partial charge in [0.1, 0.15) is 5.52 Å². The summed E-state index contributed by atoms with van der Waals surface area (Å²) >= 11 is 3.96. The first-order valence-electron chi connectivity index (χ1n) is 18.2. The number of morpholine rings is 2. The summed E-state index contributed by atoms with van der Waals surface area (Å²) in [7, 11) is 0. The Bertz CT molecular complexity index is 2320. The van der Waals surface area contributed by atoms with Crippen molar-refractivity contribution >= 4 is 89.8 Å². The fraction of sp³-hybridized carbons (Fsp3) is 0.268. The van der Waals surface area contributed by atoms with Gasteiger partial charge in [-0.05, 0) is 88.2 Å². The van der Waals surface area contributed by atoms with Crippen molar-refractivity contribution in [3.8, 4) is 11.1 Å². The fourth-order valence-electron chi connectivity index (χ4n) is 6.68. The maximum Gasteiger partial charge on any atom is 0.227 e. The van der Waals surface area contributed by atoms with Crippen molar-refractivity contribution < 1.29 is 9.47 Å². The number of ether oxygens (including phenoxy) is 2. The van der Waals surface area contributed by atoms with Gasteiger partial charge in [0.2, 0.25) is 11.9 Å². The van der Waals surface area contributed by atoms with Crippen molar-refractivity contribution in [2.45, 2.75) is 19.8 Å². The second kappa shape index (κ2) is 16.7. The highest BCUT2D eigenvalue weighted by molar-refractivity contribution is 14.1. The summed E-state index contributed by atoms with van der Waals surface area (Å²) in [6.45, 7) is 11.4. The lowest BCUT2D eigenvalue weighted by molar-refractivity contribution is 0.122. The summed E-state index contributed by atoms with van der Waals surface area (Å²) in [5.74, 6) is 1.68. The van der Waals surface area contributed by atoms with Crippen molar-refractivity contribution in [3.63, 3.8) is 0 Å². The van der Waals surface area contributed by atoms with E-state index in [-0.39, 0.29) is 0 Å². The van der Waals surface area contributed by atoms with E-state index in [1.54, 1.807) is 17.5 Å². The van der Waals surface area contributed by atoms with Crippen LogP contribution in [-0.4, -0.2) is 77.5 Å². The molecule has 9 rings (SSSR count). The number of benzene rings is 3. The monoisotopic (exact) mass is 851 g/mol. The van der Waals surface area contributed by atoms with Crippen LogP contribution in [-0.2, 0) is 9.47 Å². The Morgan fingerprint density at radius 1 is 0.704 bits per heavy atom. The number of anilines is 6. The van der Waals surface area contributed by atoms with Crippen molar-refractivity contribution in [3.05, 3.63) is 106 Å². The molecule has 0 amide bonds. The van der Waals surface area contributed by atoms with Gasteiger partial charge in [-0.1, -0.05) is 38.1 Å². The molecule has 3 N–H and O–H groups in total. The minimum atomic E-state index is 0.454. The molecule has 4 aromatic heterocycles. The summed E-state index contributed by atoms with van der Waals surface area (Å²) < 4.78 is 13.0. The first kappa shape index (κ1) is 36.2. The second-order valence-corrected chi connectivity index (χ2v) is 15.5. The minimum Gasteiger partial charge on any atom is -0.378 e. The molecule has 13 heteroatoms. The average Bonchev–Trinajstić information content (AvgIpc) is 3.82. The van der Waals surface area contributed by atoms with Gasteiger partial charge in [-0.3, -0.25) is 0 Å². The van der Waals surface area contributed by atoms with Crippen LogP contribution in [0.25, 0.3) is 32.4 Å². The van der Waals surface area contributed by atoms with Crippen LogP contribution in [0, 0.1) is 3.57 Å². The van der Waals surface area contributed by atoms with Crippen LogP contribution in [0.15, 0.2) is 96.8 Å². The Kier molecular flexibility index (Phi) is 11.2. The lowest BCUT2D eigenvalue weighted by atomic mass is 9.93. The van der Waals surface area contributed by atoms with Gasteiger partial charge in [0.25, 0.3) is 0 Å². The lowest BCUT2D eigenvalue weighted by Crippen LogP contribution is -2.36. The Labute approximate surface area is 332 Å². The van der Waals surface area contributed by atoms with Crippen LogP contribution >= 0.6 is 33.9 Å². The number of nitrogens with zero attached hydrogens (tertiary/aromatic N) is 6. The Morgan fingerprint density at radius 2 is 1.26 bits per heavy atom. The lowest BCUT2D eigenvalue weighted by Gasteiger charge is -2.28. The summed E-state index contributed by atoms with van der Waals surface area (Å²) in [5, 5.41) is 8.83. The van der Waals surface area contributed by atoms with Crippen molar-refractivity contribution in [1.82, 2.24) is 24.9 Å². The first-order chi connectivity index (χ1) is 26.5. The summed E-state index contributed by atoms with van der Waals surface area (Å²) in [5.41, 5.74) is 11.1. The van der Waals surface area contributed by atoms with E-state index in [1.807, 2.05) is 12.4 Å². The molecule has 0 spiro atoms. The van der Waals surface area contributed by atoms with Gasteiger partial charge in [-0.25, -0.2) is 19.9 Å². The summed E-state index contributed by atoms with van der Waals surface area (Å²) in [6.07, 6.45) is 5.65. The zero-order valence-electron chi connectivity index (χ0n) is 30.3. The Hall–Kier alpha value is -4.83. The minimum absolute atomic E-state index is 0.454. The molecule has 6 heterocycles. The smallest absolute Gasteiger partial charge is 0.227 e. The maximum absolute atomic E-state index is 5.44. The van der Waals surface area contributed by atoms with Crippen LogP contribution < -0.4 is 20.4 Å². The van der Waals surface area contributed by atoms with E-state index >= 15 is 0 Å². The topological polar surface area (TPSA) is 116 Å². The number of halogens is 1. The molecule has 11 nitrogen and oxygen atoms in total. The van der Waals surface area contributed by atoms with E-state index < -0.39 is 0 Å². The maximum atomic E-state index is 5.44. The first-order valence-corrected chi connectivity index (χ1v) is 20.2. The van der Waals surface area contributed by atoms with E-state index in [4.69, 9.17) is 14.5 Å². The Morgan fingerprint density at radius 3 is 1.85 bits per heavy atom.